The van der Waals surface area contributed by atoms with Gasteiger partial charge in [-0.3, -0.25) is 4.79 Å². The molecule has 3 nitrogen and oxygen atoms in total. The van der Waals surface area contributed by atoms with Gasteiger partial charge >= 0.3 is 0 Å². The van der Waals surface area contributed by atoms with Crippen LogP contribution < -0.4 is 10.1 Å². The average molecular weight is 304 g/mol. The van der Waals surface area contributed by atoms with E-state index in [9.17, 15) is 4.79 Å². The molecule has 0 radical (unpaired) electrons. The van der Waals surface area contributed by atoms with Gasteiger partial charge in [-0.15, -0.1) is 0 Å². The number of amides is 1. The quantitative estimate of drug-likeness (QED) is 0.916. The number of ether oxygens (including phenoxy) is 1. The van der Waals surface area contributed by atoms with Crippen molar-refractivity contribution in [1.82, 2.24) is 5.32 Å². The van der Waals surface area contributed by atoms with E-state index in [1.54, 1.807) is 7.11 Å². The third-order valence-electron chi connectivity index (χ3n) is 3.31. The molecule has 0 saturated heterocycles. The van der Waals surface area contributed by atoms with Gasteiger partial charge in [0.05, 0.1) is 12.1 Å². The zero-order valence-corrected chi connectivity index (χ0v) is 12.9. The zero-order chi connectivity index (χ0) is 15.2. The topological polar surface area (TPSA) is 38.3 Å². The van der Waals surface area contributed by atoms with Gasteiger partial charge in [0, 0.05) is 12.1 Å². The highest BCUT2D eigenvalue weighted by Crippen LogP contribution is 2.24. The fourth-order valence-electron chi connectivity index (χ4n) is 2.11. The summed E-state index contributed by atoms with van der Waals surface area (Å²) < 4.78 is 5.11. The first-order chi connectivity index (χ1) is 10.1. The minimum Gasteiger partial charge on any atom is -0.495 e. The summed E-state index contributed by atoms with van der Waals surface area (Å²) in [4.78, 5) is 12.1. The molecule has 4 heteroatoms. The van der Waals surface area contributed by atoms with E-state index in [1.807, 2.05) is 49.4 Å². The lowest BCUT2D eigenvalue weighted by molar-refractivity contribution is 0.0953. The highest BCUT2D eigenvalue weighted by Gasteiger charge is 2.07. The third kappa shape index (κ3) is 3.99. The first kappa shape index (κ1) is 15.4. The lowest BCUT2D eigenvalue weighted by atomic mass is 10.1. The van der Waals surface area contributed by atoms with Crippen LogP contribution in [0.5, 0.6) is 5.75 Å². The van der Waals surface area contributed by atoms with Crippen LogP contribution in [0.2, 0.25) is 5.02 Å². The van der Waals surface area contributed by atoms with Crippen molar-refractivity contribution in [2.24, 2.45) is 0 Å². The van der Waals surface area contributed by atoms with Gasteiger partial charge in [-0.05, 0) is 42.7 Å². The van der Waals surface area contributed by atoms with Crippen molar-refractivity contribution in [3.05, 3.63) is 64.2 Å². The predicted molar refractivity (Wildman–Crippen MR) is 85.2 cm³/mol. The third-order valence-corrected chi connectivity index (χ3v) is 3.60. The lowest BCUT2D eigenvalue weighted by Gasteiger charge is -2.09. The van der Waals surface area contributed by atoms with Gasteiger partial charge in [0.1, 0.15) is 5.75 Å². The molecule has 0 spiro atoms. The molecule has 0 heterocycles. The highest BCUT2D eigenvalue weighted by molar-refractivity contribution is 6.32. The van der Waals surface area contributed by atoms with Crippen molar-refractivity contribution in [2.75, 3.05) is 13.7 Å². The van der Waals surface area contributed by atoms with Crippen molar-refractivity contribution < 1.29 is 9.53 Å². The fraction of sp³-hybridized carbons (Fsp3) is 0.235. The normalized spacial score (nSPS) is 10.2. The molecule has 0 saturated carbocycles. The number of rotatable bonds is 5. The van der Waals surface area contributed by atoms with E-state index in [1.165, 1.54) is 0 Å². The van der Waals surface area contributed by atoms with Gasteiger partial charge in [-0.25, -0.2) is 0 Å². The van der Waals surface area contributed by atoms with E-state index in [2.05, 4.69) is 5.32 Å². The second kappa shape index (κ2) is 7.14. The highest BCUT2D eigenvalue weighted by atomic mass is 35.5. The van der Waals surface area contributed by atoms with Gasteiger partial charge < -0.3 is 10.1 Å². The number of hydrogen-bond donors (Lipinski definition) is 1. The molecular weight excluding hydrogens is 286 g/mol. The second-order valence-electron chi connectivity index (χ2n) is 4.79. The van der Waals surface area contributed by atoms with E-state index in [0.717, 1.165) is 17.5 Å². The molecule has 0 aliphatic carbocycles. The number of benzene rings is 2. The Bertz CT molecular complexity index is 640. The van der Waals surface area contributed by atoms with Crippen molar-refractivity contribution in [3.8, 4) is 5.75 Å². The molecule has 1 amide bonds. The van der Waals surface area contributed by atoms with E-state index in [-0.39, 0.29) is 5.91 Å². The minimum atomic E-state index is -0.0484. The van der Waals surface area contributed by atoms with E-state index in [4.69, 9.17) is 16.3 Å². The Labute approximate surface area is 129 Å². The average Bonchev–Trinajstić information content (AvgIpc) is 2.48. The maximum atomic E-state index is 12.1. The van der Waals surface area contributed by atoms with Gasteiger partial charge in [-0.1, -0.05) is 35.9 Å². The van der Waals surface area contributed by atoms with Crippen LogP contribution in [-0.4, -0.2) is 19.6 Å². The molecule has 0 aliphatic heterocycles. The van der Waals surface area contributed by atoms with E-state index < -0.39 is 0 Å². The van der Waals surface area contributed by atoms with Gasteiger partial charge in [0.2, 0.25) is 0 Å². The number of carbonyl (C=O) groups excluding carboxylic acids is 1. The molecule has 2 aromatic rings. The van der Waals surface area contributed by atoms with Crippen molar-refractivity contribution in [1.29, 1.82) is 0 Å². The van der Waals surface area contributed by atoms with Crippen molar-refractivity contribution in [2.45, 2.75) is 13.3 Å². The summed E-state index contributed by atoms with van der Waals surface area (Å²) in [6.07, 6.45) is 0.724. The van der Waals surface area contributed by atoms with Gasteiger partial charge in [-0.2, -0.15) is 0 Å². The van der Waals surface area contributed by atoms with Gasteiger partial charge in [0.15, 0.2) is 0 Å². The Morgan fingerprint density at radius 1 is 1.24 bits per heavy atom. The maximum Gasteiger partial charge on any atom is 0.251 e. The summed E-state index contributed by atoms with van der Waals surface area (Å²) in [5.41, 5.74) is 2.75. The summed E-state index contributed by atoms with van der Waals surface area (Å²) in [6, 6.07) is 13.2. The molecule has 110 valence electrons. The first-order valence-corrected chi connectivity index (χ1v) is 7.16. The number of carbonyl (C=O) groups is 1. The van der Waals surface area contributed by atoms with Crippen LogP contribution >= 0.6 is 11.6 Å². The molecule has 2 rings (SSSR count). The number of hydrogen-bond acceptors (Lipinski definition) is 2. The summed E-state index contributed by atoms with van der Waals surface area (Å²) >= 11 is 6.08. The van der Waals surface area contributed by atoms with Crippen LogP contribution in [0.4, 0.5) is 0 Å². The molecule has 0 aliphatic rings. The van der Waals surface area contributed by atoms with Crippen LogP contribution in [0.25, 0.3) is 0 Å². The molecule has 0 unspecified atom stereocenters. The Morgan fingerprint density at radius 2 is 2.00 bits per heavy atom. The molecule has 0 aromatic heterocycles. The van der Waals surface area contributed by atoms with E-state index >= 15 is 0 Å². The standard InChI is InChI=1S/C17H18ClNO2/c1-12-5-3-4-6-14(12)17(20)19-10-9-13-7-8-16(21-2)15(18)11-13/h3-8,11H,9-10H2,1-2H3,(H,19,20). The van der Waals surface area contributed by atoms with Crippen molar-refractivity contribution in [3.63, 3.8) is 0 Å². The Hall–Kier alpha value is -2.00. The molecule has 0 fully saturated rings. The largest absolute Gasteiger partial charge is 0.495 e. The summed E-state index contributed by atoms with van der Waals surface area (Å²) in [7, 11) is 1.59. The Balaban J connectivity index is 1.91. The van der Waals surface area contributed by atoms with Crippen LogP contribution in [-0.2, 0) is 6.42 Å². The summed E-state index contributed by atoms with van der Waals surface area (Å²) in [6.45, 7) is 2.49. The molecular formula is C17H18ClNO2. The lowest BCUT2D eigenvalue weighted by Crippen LogP contribution is -2.26. The molecule has 1 N–H and O–H groups in total. The van der Waals surface area contributed by atoms with E-state index in [0.29, 0.717) is 22.9 Å². The van der Waals surface area contributed by atoms with Crippen LogP contribution in [0.1, 0.15) is 21.5 Å². The molecule has 0 bridgehead atoms. The second-order valence-corrected chi connectivity index (χ2v) is 5.20. The zero-order valence-electron chi connectivity index (χ0n) is 12.2. The molecule has 0 atom stereocenters. The van der Waals surface area contributed by atoms with Crippen LogP contribution in [0, 0.1) is 6.92 Å². The summed E-state index contributed by atoms with van der Waals surface area (Å²) in [5.74, 6) is 0.608. The minimum absolute atomic E-state index is 0.0484. The number of halogens is 1. The fourth-order valence-corrected chi connectivity index (χ4v) is 2.39. The molecule has 2 aromatic carbocycles. The maximum absolute atomic E-state index is 12.1. The smallest absolute Gasteiger partial charge is 0.251 e. The summed E-state index contributed by atoms with van der Waals surface area (Å²) in [5, 5.41) is 3.51. The number of nitrogens with one attached hydrogen (secondary N) is 1. The van der Waals surface area contributed by atoms with Gasteiger partial charge in [0.25, 0.3) is 5.91 Å². The number of aryl methyl sites for hydroxylation is 1. The Kier molecular flexibility index (Phi) is 5.23. The van der Waals surface area contributed by atoms with Crippen LogP contribution in [0.15, 0.2) is 42.5 Å². The number of methoxy groups -OCH3 is 1. The van der Waals surface area contributed by atoms with Crippen molar-refractivity contribution >= 4 is 17.5 Å². The molecule has 21 heavy (non-hydrogen) atoms. The SMILES string of the molecule is COc1ccc(CCNC(=O)c2ccccc2C)cc1Cl. The Morgan fingerprint density at radius 3 is 2.67 bits per heavy atom. The van der Waals surface area contributed by atoms with Crippen LogP contribution in [0.3, 0.4) is 0 Å². The monoisotopic (exact) mass is 303 g/mol. The first-order valence-electron chi connectivity index (χ1n) is 6.78. The predicted octanol–water partition coefficient (Wildman–Crippen LogP) is 3.63.